The monoisotopic (exact) mass is 486 g/mol. The molecule has 4 saturated carbocycles. The summed E-state index contributed by atoms with van der Waals surface area (Å²) in [7, 11) is 0.242. The van der Waals surface area contributed by atoms with Gasteiger partial charge in [-0.2, -0.15) is 0 Å². The highest BCUT2D eigenvalue weighted by Crippen LogP contribution is 2.68. The van der Waals surface area contributed by atoms with Gasteiger partial charge in [0.05, 0.1) is 0 Å². The second-order valence-electron chi connectivity index (χ2n) is 12.3. The van der Waals surface area contributed by atoms with Gasteiger partial charge in [-0.15, -0.1) is 0 Å². The van der Waals surface area contributed by atoms with Gasteiger partial charge in [0.25, 0.3) is 0 Å². The maximum absolute atomic E-state index is 2.76. The summed E-state index contributed by atoms with van der Waals surface area (Å²) in [6.45, 7) is 2.76. The summed E-state index contributed by atoms with van der Waals surface area (Å²) in [5, 5.41) is 2.01. The lowest BCUT2D eigenvalue weighted by atomic mass is 9.99. The molecule has 0 radical (unpaired) electrons. The van der Waals surface area contributed by atoms with Crippen molar-refractivity contribution < 1.29 is 0 Å². The summed E-state index contributed by atoms with van der Waals surface area (Å²) in [6.07, 6.45) is 38.7. The molecule has 0 bridgehead atoms. The molecule has 5 rings (SSSR count). The predicted octanol–water partition coefficient (Wildman–Crippen LogP) is 10.7. The van der Waals surface area contributed by atoms with Crippen LogP contribution in [0.1, 0.15) is 135 Å². The van der Waals surface area contributed by atoms with Crippen LogP contribution in [0.5, 0.6) is 0 Å². The number of hydrogen-bond acceptors (Lipinski definition) is 0. The summed E-state index contributed by atoms with van der Waals surface area (Å²) >= 11 is 0. The highest BCUT2D eigenvalue weighted by Gasteiger charge is 2.42. The molecule has 0 N–H and O–H groups in total. The van der Waals surface area contributed by atoms with Crippen molar-refractivity contribution in [3.63, 3.8) is 0 Å². The van der Waals surface area contributed by atoms with Crippen LogP contribution < -0.4 is 0 Å². The first kappa shape index (κ1) is 25.0. The van der Waals surface area contributed by atoms with Crippen LogP contribution in [0.2, 0.25) is 0 Å². The van der Waals surface area contributed by atoms with Crippen LogP contribution in [0, 0.1) is 5.92 Å². The standard InChI is InChI=1S/C31H52P2/c1-25(32(26-15-6-2-7-16-26)27-17-8-3-9-18-27)30-23-14-24-31(30)33(28-19-10-4-11-20-28)29-21-12-5-13-22-29/h14,23-30H,2-13,15-22H2,1H3. The molecule has 33 heavy (non-hydrogen) atoms. The molecule has 2 heteroatoms. The zero-order valence-corrected chi connectivity index (χ0v) is 23.5. The highest BCUT2D eigenvalue weighted by molar-refractivity contribution is 7.64. The topological polar surface area (TPSA) is 0 Å². The van der Waals surface area contributed by atoms with Gasteiger partial charge >= 0.3 is 0 Å². The van der Waals surface area contributed by atoms with E-state index in [-0.39, 0.29) is 15.8 Å². The van der Waals surface area contributed by atoms with Crippen LogP contribution in [0.3, 0.4) is 0 Å². The lowest BCUT2D eigenvalue weighted by Crippen LogP contribution is -2.30. The average Bonchev–Trinajstić information content (AvgIpc) is 3.36. The van der Waals surface area contributed by atoms with Crippen LogP contribution >= 0.6 is 15.8 Å². The van der Waals surface area contributed by atoms with Crippen molar-refractivity contribution in [3.8, 4) is 0 Å². The average molecular weight is 487 g/mol. The summed E-state index contributed by atoms with van der Waals surface area (Å²) in [6, 6.07) is 0. The van der Waals surface area contributed by atoms with Crippen LogP contribution in [0.15, 0.2) is 23.5 Å². The van der Waals surface area contributed by atoms with Crippen molar-refractivity contribution in [2.45, 2.75) is 164 Å². The molecule has 0 aromatic rings. The summed E-state index contributed by atoms with van der Waals surface area (Å²) in [5.74, 6) is 0.815. The van der Waals surface area contributed by atoms with E-state index in [4.69, 9.17) is 0 Å². The van der Waals surface area contributed by atoms with Gasteiger partial charge in [0, 0.05) is 5.92 Å². The Morgan fingerprint density at radius 2 is 0.970 bits per heavy atom. The fraction of sp³-hybridized carbons (Fsp3) is 0.871. The van der Waals surface area contributed by atoms with Crippen LogP contribution in [0.25, 0.3) is 0 Å². The Morgan fingerprint density at radius 1 is 0.576 bits per heavy atom. The number of rotatable bonds is 7. The fourth-order valence-electron chi connectivity index (χ4n) is 8.49. The second kappa shape index (κ2) is 12.5. The van der Waals surface area contributed by atoms with E-state index in [0.29, 0.717) is 0 Å². The van der Waals surface area contributed by atoms with Crippen molar-refractivity contribution in [2.75, 3.05) is 0 Å². The van der Waals surface area contributed by atoms with Crippen LogP contribution in [-0.4, -0.2) is 28.3 Å². The third-order valence-electron chi connectivity index (χ3n) is 10.1. The zero-order valence-electron chi connectivity index (χ0n) is 21.7. The summed E-state index contributed by atoms with van der Waals surface area (Å²) in [4.78, 5) is 0. The molecule has 0 heterocycles. The Balaban J connectivity index is 1.39. The molecule has 4 fully saturated rings. The van der Waals surface area contributed by atoms with Crippen LogP contribution in [-0.2, 0) is 0 Å². The summed E-state index contributed by atoms with van der Waals surface area (Å²) in [5.41, 5.74) is 5.25. The second-order valence-corrected chi connectivity index (χ2v) is 18.2. The highest BCUT2D eigenvalue weighted by atomic mass is 31.1. The quantitative estimate of drug-likeness (QED) is 0.314. The van der Waals surface area contributed by atoms with Crippen molar-refractivity contribution in [1.29, 1.82) is 0 Å². The molecular weight excluding hydrogens is 434 g/mol. The van der Waals surface area contributed by atoms with E-state index >= 15 is 0 Å². The normalized spacial score (nSPS) is 30.3. The first-order valence-corrected chi connectivity index (χ1v) is 18.3. The Labute approximate surface area is 208 Å². The van der Waals surface area contributed by atoms with Crippen molar-refractivity contribution in [3.05, 3.63) is 23.5 Å². The Hall–Kier alpha value is 0.340. The molecule has 0 nitrogen and oxygen atoms in total. The van der Waals surface area contributed by atoms with E-state index in [9.17, 15) is 0 Å². The molecular formula is C31H52P2. The number of allylic oxidation sites excluding steroid dienone is 4. The van der Waals surface area contributed by atoms with Gasteiger partial charge in [0.1, 0.15) is 0 Å². The van der Waals surface area contributed by atoms with Gasteiger partial charge in [-0.25, -0.2) is 0 Å². The first-order valence-electron chi connectivity index (χ1n) is 15.3. The molecule has 5 aliphatic carbocycles. The third kappa shape index (κ3) is 6.02. The lowest BCUT2D eigenvalue weighted by molar-refractivity contribution is 0.477. The van der Waals surface area contributed by atoms with E-state index in [1.54, 1.807) is 51.4 Å². The van der Waals surface area contributed by atoms with Gasteiger partial charge in [0.2, 0.25) is 0 Å². The lowest BCUT2D eigenvalue weighted by Gasteiger charge is -2.46. The van der Waals surface area contributed by atoms with Gasteiger partial charge in [-0.05, 0) is 85.0 Å². The van der Waals surface area contributed by atoms with E-state index in [0.717, 1.165) is 34.2 Å². The molecule has 2 atom stereocenters. The third-order valence-corrected chi connectivity index (χ3v) is 17.8. The molecule has 186 valence electrons. The van der Waals surface area contributed by atoms with Crippen LogP contribution in [0.4, 0.5) is 0 Å². The molecule has 5 aliphatic rings. The van der Waals surface area contributed by atoms with Gasteiger partial charge in [-0.1, -0.05) is 118 Å². The Kier molecular flexibility index (Phi) is 9.50. The predicted molar refractivity (Wildman–Crippen MR) is 152 cm³/mol. The Morgan fingerprint density at radius 3 is 1.39 bits per heavy atom. The largest absolute Gasteiger partial charge is 0.0965 e. The van der Waals surface area contributed by atoms with Crippen molar-refractivity contribution in [1.82, 2.24) is 0 Å². The molecule has 2 unspecified atom stereocenters. The first-order chi connectivity index (χ1) is 16.3. The van der Waals surface area contributed by atoms with E-state index in [1.165, 1.54) is 77.0 Å². The maximum atomic E-state index is 2.76. The van der Waals surface area contributed by atoms with E-state index < -0.39 is 0 Å². The molecule has 0 spiro atoms. The number of hydrogen-bond donors (Lipinski definition) is 0. The molecule has 0 aromatic heterocycles. The minimum atomic E-state index is 0.0795. The Bertz CT molecular complexity index is 606. The van der Waals surface area contributed by atoms with Gasteiger partial charge in [-0.3, -0.25) is 0 Å². The maximum Gasteiger partial charge on any atom is 0.00908 e. The van der Waals surface area contributed by atoms with Crippen molar-refractivity contribution in [2.24, 2.45) is 5.92 Å². The van der Waals surface area contributed by atoms with Gasteiger partial charge in [0.15, 0.2) is 0 Å². The summed E-state index contributed by atoms with van der Waals surface area (Å²) < 4.78 is 0. The smallest absolute Gasteiger partial charge is 0.00908 e. The molecule has 0 saturated heterocycles. The van der Waals surface area contributed by atoms with Crippen molar-refractivity contribution >= 4 is 15.8 Å². The van der Waals surface area contributed by atoms with E-state index in [1.807, 2.05) is 5.31 Å². The zero-order chi connectivity index (χ0) is 22.5. The SMILES string of the molecule is CC(C1C=CC=C1P(C1CCCCC1)C1CCCCC1)P(C1CCCCC1)C1CCCCC1. The van der Waals surface area contributed by atoms with Gasteiger partial charge < -0.3 is 0 Å². The molecule has 0 aromatic carbocycles. The van der Waals surface area contributed by atoms with E-state index in [2.05, 4.69) is 25.2 Å². The fourth-order valence-corrected chi connectivity index (χ4v) is 17.3. The minimum absolute atomic E-state index is 0.0795. The minimum Gasteiger partial charge on any atom is -0.0965 e. The molecule has 0 aliphatic heterocycles. The molecule has 0 amide bonds.